The molecule has 2 aromatic carbocycles. The minimum absolute atomic E-state index is 0.244. The van der Waals surface area contributed by atoms with Crippen molar-refractivity contribution in [3.05, 3.63) is 83.8 Å². The minimum atomic E-state index is -0.244. The standard InChI is InChI=1S/C30H28FN7OS/c31-21-6-4-5-19(13-21)17-38-25-9-7-22(14-20(25)15-34-38)36-29-27-23-8-10-26-24(28(23)40-30(27)33-18-32-29)16-35-37(26)11-2-1-3-12-39/h4-7,9,13-16,18,39H,1-3,8,10-12,17H2,(H,32,33,36). The van der Waals surface area contributed by atoms with Gasteiger partial charge in [-0.25, -0.2) is 14.4 Å². The average Bonchev–Trinajstić information content (AvgIpc) is 3.66. The molecular formula is C30H28FN7OS. The number of unbranched alkanes of at least 4 members (excludes halogenated alkanes) is 2. The van der Waals surface area contributed by atoms with Crippen molar-refractivity contribution in [2.45, 2.75) is 45.2 Å². The van der Waals surface area contributed by atoms with Crippen LogP contribution in [0.4, 0.5) is 15.9 Å². The Morgan fingerprint density at radius 3 is 2.80 bits per heavy atom. The summed E-state index contributed by atoms with van der Waals surface area (Å²) >= 11 is 1.70. The Bertz CT molecular complexity index is 1840. The second-order valence-corrected chi connectivity index (χ2v) is 11.2. The van der Waals surface area contributed by atoms with Crippen molar-refractivity contribution in [3.8, 4) is 10.4 Å². The Kier molecular flexibility index (Phi) is 6.49. The Labute approximate surface area is 234 Å². The molecule has 0 unspecified atom stereocenters. The van der Waals surface area contributed by atoms with Crippen LogP contribution in [-0.2, 0) is 25.9 Å². The third kappa shape index (κ3) is 4.52. The van der Waals surface area contributed by atoms with Crippen LogP contribution in [0.1, 0.15) is 36.1 Å². The zero-order valence-corrected chi connectivity index (χ0v) is 22.7. The first kappa shape index (κ1) is 24.9. The predicted octanol–water partition coefficient (Wildman–Crippen LogP) is 6.10. The molecule has 0 amide bonds. The molecule has 0 spiro atoms. The van der Waals surface area contributed by atoms with Crippen molar-refractivity contribution >= 4 is 44.0 Å². The molecule has 40 heavy (non-hydrogen) atoms. The Morgan fingerprint density at radius 2 is 1.90 bits per heavy atom. The highest BCUT2D eigenvalue weighted by molar-refractivity contribution is 7.22. The van der Waals surface area contributed by atoms with Crippen molar-refractivity contribution in [2.24, 2.45) is 0 Å². The lowest BCUT2D eigenvalue weighted by molar-refractivity contribution is 0.281. The number of anilines is 2. The van der Waals surface area contributed by atoms with Crippen LogP contribution >= 0.6 is 11.3 Å². The maximum absolute atomic E-state index is 13.6. The summed E-state index contributed by atoms with van der Waals surface area (Å²) in [6.45, 7) is 1.63. The second-order valence-electron chi connectivity index (χ2n) is 10.2. The van der Waals surface area contributed by atoms with Gasteiger partial charge in [-0.15, -0.1) is 11.3 Å². The molecule has 2 N–H and O–H groups in total. The molecule has 0 aliphatic heterocycles. The van der Waals surface area contributed by atoms with Gasteiger partial charge in [0.2, 0.25) is 0 Å². The van der Waals surface area contributed by atoms with E-state index >= 15 is 0 Å². The van der Waals surface area contributed by atoms with E-state index in [1.807, 2.05) is 35.3 Å². The minimum Gasteiger partial charge on any atom is -0.396 e. The van der Waals surface area contributed by atoms with Crippen LogP contribution in [0.15, 0.2) is 61.2 Å². The highest BCUT2D eigenvalue weighted by Crippen LogP contribution is 2.45. The fourth-order valence-electron chi connectivity index (χ4n) is 5.63. The zero-order valence-electron chi connectivity index (χ0n) is 21.8. The molecule has 8 nitrogen and oxygen atoms in total. The van der Waals surface area contributed by atoms with Gasteiger partial charge in [-0.1, -0.05) is 12.1 Å². The van der Waals surface area contributed by atoms with Gasteiger partial charge in [0.15, 0.2) is 0 Å². The first-order valence-electron chi connectivity index (χ1n) is 13.6. The van der Waals surface area contributed by atoms with Gasteiger partial charge in [-0.3, -0.25) is 9.36 Å². The van der Waals surface area contributed by atoms with E-state index < -0.39 is 0 Å². The zero-order chi connectivity index (χ0) is 27.1. The van der Waals surface area contributed by atoms with Crippen LogP contribution in [0.3, 0.4) is 0 Å². The molecule has 10 heteroatoms. The van der Waals surface area contributed by atoms with Gasteiger partial charge in [0.1, 0.15) is 22.8 Å². The Hall–Kier alpha value is -4.15. The van der Waals surface area contributed by atoms with Crippen molar-refractivity contribution < 1.29 is 9.50 Å². The van der Waals surface area contributed by atoms with Crippen molar-refractivity contribution in [2.75, 3.05) is 11.9 Å². The third-order valence-corrected chi connectivity index (χ3v) is 8.72. The van der Waals surface area contributed by atoms with Crippen molar-refractivity contribution in [1.29, 1.82) is 0 Å². The highest BCUT2D eigenvalue weighted by atomic mass is 32.1. The summed E-state index contributed by atoms with van der Waals surface area (Å²) in [5.74, 6) is 0.556. The summed E-state index contributed by atoms with van der Waals surface area (Å²) in [5.41, 5.74) is 6.53. The number of fused-ring (bicyclic) bond motifs is 6. The lowest BCUT2D eigenvalue weighted by Crippen LogP contribution is -2.10. The molecule has 6 aromatic rings. The molecule has 0 fully saturated rings. The Morgan fingerprint density at radius 1 is 0.975 bits per heavy atom. The molecule has 4 aromatic heterocycles. The van der Waals surface area contributed by atoms with Crippen LogP contribution in [0, 0.1) is 5.82 Å². The summed E-state index contributed by atoms with van der Waals surface area (Å²) in [4.78, 5) is 11.5. The van der Waals surface area contributed by atoms with E-state index in [0.29, 0.717) is 6.54 Å². The van der Waals surface area contributed by atoms with Gasteiger partial charge in [0.25, 0.3) is 0 Å². The van der Waals surface area contributed by atoms with E-state index in [4.69, 9.17) is 10.2 Å². The number of aryl methyl sites for hydroxylation is 2. The smallest absolute Gasteiger partial charge is 0.142 e. The largest absolute Gasteiger partial charge is 0.396 e. The van der Waals surface area contributed by atoms with Gasteiger partial charge in [0, 0.05) is 40.4 Å². The molecule has 4 heterocycles. The molecule has 0 saturated heterocycles. The number of nitrogens with one attached hydrogen (secondary N) is 1. The number of nitrogens with zero attached hydrogens (tertiary/aromatic N) is 6. The van der Waals surface area contributed by atoms with E-state index in [1.54, 1.807) is 29.8 Å². The molecule has 0 saturated carbocycles. The van der Waals surface area contributed by atoms with Gasteiger partial charge < -0.3 is 10.4 Å². The van der Waals surface area contributed by atoms with E-state index in [-0.39, 0.29) is 12.4 Å². The maximum Gasteiger partial charge on any atom is 0.142 e. The molecule has 0 radical (unpaired) electrons. The number of rotatable bonds is 9. The summed E-state index contributed by atoms with van der Waals surface area (Å²) in [6.07, 6.45) is 10.1. The van der Waals surface area contributed by atoms with Crippen LogP contribution in [-0.4, -0.2) is 41.2 Å². The number of hydrogen-bond donors (Lipinski definition) is 2. The summed E-state index contributed by atoms with van der Waals surface area (Å²) < 4.78 is 17.7. The van der Waals surface area contributed by atoms with Crippen LogP contribution in [0.2, 0.25) is 0 Å². The lowest BCUT2D eigenvalue weighted by Gasteiger charge is -2.16. The van der Waals surface area contributed by atoms with Crippen LogP contribution < -0.4 is 5.32 Å². The first-order chi connectivity index (χ1) is 19.7. The lowest BCUT2D eigenvalue weighted by atomic mass is 9.95. The normalized spacial score (nSPS) is 12.7. The maximum atomic E-state index is 13.6. The van der Waals surface area contributed by atoms with Gasteiger partial charge in [0.05, 0.1) is 29.8 Å². The molecule has 1 aliphatic carbocycles. The number of aliphatic hydroxyl groups is 1. The van der Waals surface area contributed by atoms with Gasteiger partial charge >= 0.3 is 0 Å². The summed E-state index contributed by atoms with van der Waals surface area (Å²) in [7, 11) is 0. The fraction of sp³-hybridized carbons (Fsp3) is 0.267. The predicted molar refractivity (Wildman–Crippen MR) is 155 cm³/mol. The van der Waals surface area contributed by atoms with Crippen molar-refractivity contribution in [1.82, 2.24) is 29.5 Å². The number of halogens is 1. The highest BCUT2D eigenvalue weighted by Gasteiger charge is 2.27. The van der Waals surface area contributed by atoms with E-state index in [9.17, 15) is 4.39 Å². The number of aromatic nitrogens is 6. The summed E-state index contributed by atoms with van der Waals surface area (Å²) in [6, 6.07) is 12.7. The topological polar surface area (TPSA) is 93.7 Å². The number of benzene rings is 2. The quantitative estimate of drug-likeness (QED) is 0.210. The molecule has 0 bridgehead atoms. The van der Waals surface area contributed by atoms with Gasteiger partial charge in [-0.2, -0.15) is 10.2 Å². The van der Waals surface area contributed by atoms with E-state index in [2.05, 4.69) is 31.1 Å². The molecule has 202 valence electrons. The van der Waals surface area contributed by atoms with Gasteiger partial charge in [-0.05, 0) is 73.6 Å². The second kappa shape index (κ2) is 10.4. The molecule has 7 rings (SSSR count). The fourth-order valence-corrected chi connectivity index (χ4v) is 6.85. The number of aliphatic hydroxyl groups excluding tert-OH is 1. The van der Waals surface area contributed by atoms with Crippen molar-refractivity contribution in [3.63, 3.8) is 0 Å². The van der Waals surface area contributed by atoms with E-state index in [0.717, 1.165) is 76.8 Å². The average molecular weight is 554 g/mol. The van der Waals surface area contributed by atoms with Crippen LogP contribution in [0.5, 0.6) is 0 Å². The number of thiophene rings is 1. The third-order valence-electron chi connectivity index (χ3n) is 7.55. The molecular weight excluding hydrogens is 525 g/mol. The van der Waals surface area contributed by atoms with E-state index in [1.165, 1.54) is 27.8 Å². The Balaban J connectivity index is 1.17. The number of hydrogen-bond acceptors (Lipinski definition) is 7. The monoisotopic (exact) mass is 553 g/mol. The molecule has 1 aliphatic rings. The molecule has 0 atom stereocenters. The SMILES string of the molecule is OCCCCCn1ncc2c1CCc1c-2sc2ncnc(Nc3ccc4c(cnn4Cc4cccc(F)c4)c3)c12. The first-order valence-corrected chi connectivity index (χ1v) is 14.4. The summed E-state index contributed by atoms with van der Waals surface area (Å²) in [5, 5.41) is 23.9. The van der Waals surface area contributed by atoms with Crippen LogP contribution in [0.25, 0.3) is 31.6 Å².